The monoisotopic (exact) mass is 356 g/mol. The molecule has 0 aromatic carbocycles. The predicted octanol–water partition coefficient (Wildman–Crippen LogP) is 2.24. The molecular weight excluding hydrogens is 344 g/mol. The summed E-state index contributed by atoms with van der Waals surface area (Å²) in [6.07, 6.45) is 0.754. The van der Waals surface area contributed by atoms with Crippen LogP contribution in [0.5, 0.6) is 0 Å². The first-order chi connectivity index (χ1) is 7.19. The topological polar surface area (TPSA) is 58.3 Å². The summed E-state index contributed by atoms with van der Waals surface area (Å²) in [5.41, 5.74) is 5.70. The highest BCUT2D eigenvalue weighted by atomic mass is 79.9. The standard InChI is InChI=1S/C9H14Br2N2OS/c10-6-4-8(15-9(6)11)7(5-12)13-2-1-3-14/h4,7,13-14H,1-3,5,12H2. The Morgan fingerprint density at radius 2 is 2.27 bits per heavy atom. The van der Waals surface area contributed by atoms with E-state index < -0.39 is 0 Å². The molecule has 1 aromatic rings. The minimum absolute atomic E-state index is 0.171. The summed E-state index contributed by atoms with van der Waals surface area (Å²) in [7, 11) is 0. The van der Waals surface area contributed by atoms with E-state index in [1.54, 1.807) is 11.3 Å². The molecule has 6 heteroatoms. The molecule has 1 unspecified atom stereocenters. The van der Waals surface area contributed by atoms with Gasteiger partial charge in [0.25, 0.3) is 0 Å². The van der Waals surface area contributed by atoms with Crippen LogP contribution in [0.15, 0.2) is 14.3 Å². The van der Waals surface area contributed by atoms with Gasteiger partial charge in [-0.05, 0) is 50.9 Å². The van der Waals surface area contributed by atoms with E-state index in [4.69, 9.17) is 10.8 Å². The van der Waals surface area contributed by atoms with Crippen molar-refractivity contribution in [2.75, 3.05) is 19.7 Å². The molecule has 0 fully saturated rings. The van der Waals surface area contributed by atoms with Crippen LogP contribution in [0.25, 0.3) is 0 Å². The lowest BCUT2D eigenvalue weighted by atomic mass is 10.2. The van der Waals surface area contributed by atoms with Crippen LogP contribution in [0.1, 0.15) is 17.3 Å². The lowest BCUT2D eigenvalue weighted by Crippen LogP contribution is -2.28. The van der Waals surface area contributed by atoms with Crippen LogP contribution in [0.2, 0.25) is 0 Å². The smallest absolute Gasteiger partial charge is 0.0843 e. The van der Waals surface area contributed by atoms with E-state index >= 15 is 0 Å². The van der Waals surface area contributed by atoms with Gasteiger partial charge in [-0.3, -0.25) is 0 Å². The first-order valence-electron chi connectivity index (χ1n) is 4.68. The summed E-state index contributed by atoms with van der Waals surface area (Å²) in [6.45, 7) is 1.55. The number of hydrogen-bond donors (Lipinski definition) is 3. The average molecular weight is 358 g/mol. The zero-order chi connectivity index (χ0) is 11.3. The van der Waals surface area contributed by atoms with Crippen molar-refractivity contribution < 1.29 is 5.11 Å². The lowest BCUT2D eigenvalue weighted by Gasteiger charge is -2.14. The number of halogens is 2. The molecule has 1 heterocycles. The van der Waals surface area contributed by atoms with Gasteiger partial charge in [0.1, 0.15) is 0 Å². The fraction of sp³-hybridized carbons (Fsp3) is 0.556. The van der Waals surface area contributed by atoms with Gasteiger partial charge in [0.2, 0.25) is 0 Å². The fourth-order valence-electron chi connectivity index (χ4n) is 1.19. The van der Waals surface area contributed by atoms with E-state index in [0.717, 1.165) is 21.2 Å². The maximum atomic E-state index is 8.69. The third-order valence-corrected chi connectivity index (χ3v) is 5.34. The Morgan fingerprint density at radius 1 is 1.53 bits per heavy atom. The second-order valence-electron chi connectivity index (χ2n) is 3.09. The second kappa shape index (κ2) is 6.98. The van der Waals surface area contributed by atoms with Gasteiger partial charge in [-0.2, -0.15) is 0 Å². The molecule has 0 aliphatic carbocycles. The number of nitrogens with two attached hydrogens (primary N) is 1. The summed E-state index contributed by atoms with van der Waals surface area (Å²) < 4.78 is 2.14. The Kier molecular flexibility index (Phi) is 6.33. The van der Waals surface area contributed by atoms with E-state index in [9.17, 15) is 0 Å². The Labute approximate surface area is 110 Å². The quantitative estimate of drug-likeness (QED) is 0.684. The van der Waals surface area contributed by atoms with Gasteiger partial charge >= 0.3 is 0 Å². The predicted molar refractivity (Wildman–Crippen MR) is 71.2 cm³/mol. The number of aliphatic hydroxyl groups excluding tert-OH is 1. The van der Waals surface area contributed by atoms with Crippen LogP contribution < -0.4 is 11.1 Å². The van der Waals surface area contributed by atoms with Crippen LogP contribution in [-0.2, 0) is 0 Å². The molecule has 0 saturated carbocycles. The highest BCUT2D eigenvalue weighted by molar-refractivity contribution is 9.13. The minimum Gasteiger partial charge on any atom is -0.396 e. The molecule has 86 valence electrons. The fourth-order valence-corrected chi connectivity index (χ4v) is 3.37. The lowest BCUT2D eigenvalue weighted by molar-refractivity contribution is 0.283. The average Bonchev–Trinajstić information content (AvgIpc) is 2.54. The molecular formula is C9H14Br2N2OS. The molecule has 0 saturated heterocycles. The SMILES string of the molecule is NCC(NCCCO)c1cc(Br)c(Br)s1. The molecule has 0 radical (unpaired) electrons. The van der Waals surface area contributed by atoms with E-state index in [1.165, 1.54) is 4.88 Å². The summed E-state index contributed by atoms with van der Waals surface area (Å²) in [6, 6.07) is 2.24. The maximum absolute atomic E-state index is 8.69. The van der Waals surface area contributed by atoms with Gasteiger partial charge in [0, 0.05) is 22.5 Å². The highest BCUT2D eigenvalue weighted by Gasteiger charge is 2.13. The van der Waals surface area contributed by atoms with Crippen LogP contribution in [-0.4, -0.2) is 24.8 Å². The van der Waals surface area contributed by atoms with Crippen molar-refractivity contribution in [2.24, 2.45) is 5.73 Å². The Balaban J connectivity index is 2.57. The largest absolute Gasteiger partial charge is 0.396 e. The number of rotatable bonds is 6. The zero-order valence-electron chi connectivity index (χ0n) is 8.17. The highest BCUT2D eigenvalue weighted by Crippen LogP contribution is 2.35. The van der Waals surface area contributed by atoms with E-state index in [-0.39, 0.29) is 12.6 Å². The van der Waals surface area contributed by atoms with Crippen molar-refractivity contribution in [3.63, 3.8) is 0 Å². The molecule has 0 bridgehead atoms. The molecule has 3 nitrogen and oxygen atoms in total. The van der Waals surface area contributed by atoms with Crippen LogP contribution >= 0.6 is 43.2 Å². The van der Waals surface area contributed by atoms with Crippen molar-refractivity contribution >= 4 is 43.2 Å². The van der Waals surface area contributed by atoms with Gasteiger partial charge in [-0.15, -0.1) is 11.3 Å². The van der Waals surface area contributed by atoms with Gasteiger partial charge in [0.15, 0.2) is 0 Å². The van der Waals surface area contributed by atoms with E-state index in [2.05, 4.69) is 43.2 Å². The van der Waals surface area contributed by atoms with Gasteiger partial charge in [-0.1, -0.05) is 0 Å². The zero-order valence-corrected chi connectivity index (χ0v) is 12.2. The van der Waals surface area contributed by atoms with Crippen molar-refractivity contribution in [3.8, 4) is 0 Å². The first-order valence-corrected chi connectivity index (χ1v) is 7.08. The third-order valence-electron chi connectivity index (χ3n) is 1.97. The van der Waals surface area contributed by atoms with Gasteiger partial charge in [0.05, 0.1) is 9.83 Å². The Bertz CT molecular complexity index is 287. The maximum Gasteiger partial charge on any atom is 0.0843 e. The van der Waals surface area contributed by atoms with Crippen LogP contribution in [0.4, 0.5) is 0 Å². The number of thiophene rings is 1. The van der Waals surface area contributed by atoms with Gasteiger partial charge < -0.3 is 16.2 Å². The molecule has 0 aliphatic rings. The van der Waals surface area contributed by atoms with Crippen molar-refractivity contribution in [1.29, 1.82) is 0 Å². The van der Waals surface area contributed by atoms with Crippen LogP contribution in [0, 0.1) is 0 Å². The third kappa shape index (κ3) is 4.13. The molecule has 15 heavy (non-hydrogen) atoms. The summed E-state index contributed by atoms with van der Waals surface area (Å²) >= 11 is 8.58. The first kappa shape index (κ1) is 13.6. The van der Waals surface area contributed by atoms with Gasteiger partial charge in [-0.25, -0.2) is 0 Å². The molecule has 0 aliphatic heterocycles. The van der Waals surface area contributed by atoms with E-state index in [0.29, 0.717) is 6.54 Å². The molecule has 0 spiro atoms. The Morgan fingerprint density at radius 3 is 2.73 bits per heavy atom. The van der Waals surface area contributed by atoms with Crippen molar-refractivity contribution in [2.45, 2.75) is 12.5 Å². The van der Waals surface area contributed by atoms with Crippen LogP contribution in [0.3, 0.4) is 0 Å². The Hall–Kier alpha value is 0.540. The van der Waals surface area contributed by atoms with Crippen molar-refractivity contribution in [3.05, 3.63) is 19.2 Å². The number of hydrogen-bond acceptors (Lipinski definition) is 4. The molecule has 4 N–H and O–H groups in total. The second-order valence-corrected chi connectivity index (χ2v) is 6.35. The summed E-state index contributed by atoms with van der Waals surface area (Å²) in [4.78, 5) is 1.20. The summed E-state index contributed by atoms with van der Waals surface area (Å²) in [5, 5.41) is 12.0. The molecule has 0 amide bonds. The number of aliphatic hydroxyl groups is 1. The molecule has 1 atom stereocenters. The minimum atomic E-state index is 0.171. The van der Waals surface area contributed by atoms with Crippen molar-refractivity contribution in [1.82, 2.24) is 5.32 Å². The molecule has 1 aromatic heterocycles. The number of nitrogens with one attached hydrogen (secondary N) is 1. The molecule has 1 rings (SSSR count). The van der Waals surface area contributed by atoms with E-state index in [1.807, 2.05) is 0 Å². The summed E-state index contributed by atoms with van der Waals surface area (Å²) in [5.74, 6) is 0. The normalized spacial score (nSPS) is 13.1.